The fourth-order valence-corrected chi connectivity index (χ4v) is 4.09. The predicted molar refractivity (Wildman–Crippen MR) is 120 cm³/mol. The molecule has 1 aliphatic heterocycles. The fourth-order valence-electron chi connectivity index (χ4n) is 4.09. The maximum Gasteiger partial charge on any atom is 0.274 e. The van der Waals surface area contributed by atoms with Crippen LogP contribution >= 0.6 is 0 Å². The SMILES string of the molecule is C=C/C=C(\C=C/C)c1nc2n(n1)C(=O)C=C(CN(C)C1Cc3ccccc3C1)CN2. The molecule has 0 radical (unpaired) electrons. The Labute approximate surface area is 177 Å². The summed E-state index contributed by atoms with van der Waals surface area (Å²) >= 11 is 0. The van der Waals surface area contributed by atoms with Crippen LogP contribution < -0.4 is 5.32 Å². The molecule has 6 nitrogen and oxygen atoms in total. The number of rotatable bonds is 6. The van der Waals surface area contributed by atoms with Gasteiger partial charge in [0.1, 0.15) is 0 Å². The van der Waals surface area contributed by atoms with Gasteiger partial charge in [-0.1, -0.05) is 55.1 Å². The molecular formula is C24H27N5O. The molecule has 0 spiro atoms. The molecule has 4 rings (SSSR count). The number of likely N-dealkylation sites (N-methyl/N-ethyl adjacent to an activating group) is 1. The van der Waals surface area contributed by atoms with E-state index in [0.29, 0.717) is 24.4 Å². The zero-order valence-electron chi connectivity index (χ0n) is 17.5. The van der Waals surface area contributed by atoms with E-state index in [1.807, 2.05) is 25.2 Å². The normalized spacial score (nSPS) is 17.0. The molecule has 0 atom stereocenters. The van der Waals surface area contributed by atoms with Crippen molar-refractivity contribution in [3.63, 3.8) is 0 Å². The Balaban J connectivity index is 1.47. The molecule has 2 aliphatic rings. The molecule has 0 saturated carbocycles. The van der Waals surface area contributed by atoms with Gasteiger partial charge in [0.05, 0.1) is 0 Å². The molecule has 1 aromatic heterocycles. The van der Waals surface area contributed by atoms with Crippen molar-refractivity contribution in [2.45, 2.75) is 25.8 Å². The van der Waals surface area contributed by atoms with Crippen molar-refractivity contribution in [2.75, 3.05) is 25.5 Å². The van der Waals surface area contributed by atoms with Crippen LogP contribution in [0, 0.1) is 0 Å². The van der Waals surface area contributed by atoms with Gasteiger partial charge in [0.15, 0.2) is 5.82 Å². The van der Waals surface area contributed by atoms with E-state index in [4.69, 9.17) is 0 Å². The number of aromatic nitrogens is 3. The molecule has 1 N–H and O–H groups in total. The summed E-state index contributed by atoms with van der Waals surface area (Å²) < 4.78 is 1.34. The van der Waals surface area contributed by atoms with Crippen LogP contribution in [0.3, 0.4) is 0 Å². The molecule has 0 saturated heterocycles. The summed E-state index contributed by atoms with van der Waals surface area (Å²) in [6.07, 6.45) is 11.1. The van der Waals surface area contributed by atoms with Crippen molar-refractivity contribution >= 4 is 17.4 Å². The third kappa shape index (κ3) is 4.04. The molecular weight excluding hydrogens is 374 g/mol. The highest BCUT2D eigenvalue weighted by atomic mass is 16.2. The van der Waals surface area contributed by atoms with Crippen molar-refractivity contribution in [1.82, 2.24) is 19.7 Å². The van der Waals surface area contributed by atoms with E-state index in [-0.39, 0.29) is 5.91 Å². The lowest BCUT2D eigenvalue weighted by atomic mass is 10.1. The molecule has 6 heteroatoms. The first-order valence-corrected chi connectivity index (χ1v) is 10.3. The molecule has 0 fully saturated rings. The molecule has 2 aromatic rings. The monoisotopic (exact) mass is 401 g/mol. The standard InChI is InChI=1S/C24H27N5O/c1-4-8-18(9-5-2)23-26-24-25-15-17(12-22(30)29(24)27-23)16-28(3)21-13-19-10-6-7-11-20(19)14-21/h4-12,21H,1,13-16H2,2-3H3,(H,25,26,27)/b9-5-,18-8+. The number of nitrogens with one attached hydrogen (secondary N) is 1. The second kappa shape index (κ2) is 8.63. The summed E-state index contributed by atoms with van der Waals surface area (Å²) in [7, 11) is 2.13. The highest BCUT2D eigenvalue weighted by Gasteiger charge is 2.26. The summed E-state index contributed by atoms with van der Waals surface area (Å²) in [6.45, 7) is 6.96. The second-order valence-corrected chi connectivity index (χ2v) is 7.77. The van der Waals surface area contributed by atoms with Crippen molar-refractivity contribution in [1.29, 1.82) is 0 Å². The Morgan fingerprint density at radius 2 is 2.07 bits per heavy atom. The zero-order valence-corrected chi connectivity index (χ0v) is 17.5. The van der Waals surface area contributed by atoms with Crippen molar-refractivity contribution in [3.8, 4) is 0 Å². The van der Waals surface area contributed by atoms with E-state index in [1.54, 1.807) is 12.2 Å². The van der Waals surface area contributed by atoms with Crippen LogP contribution in [-0.2, 0) is 12.8 Å². The number of anilines is 1. The highest BCUT2D eigenvalue weighted by Crippen LogP contribution is 2.25. The van der Waals surface area contributed by atoms with Gasteiger partial charge in [0.25, 0.3) is 5.91 Å². The van der Waals surface area contributed by atoms with E-state index >= 15 is 0 Å². The van der Waals surface area contributed by atoms with Crippen molar-refractivity contribution in [2.24, 2.45) is 0 Å². The largest absolute Gasteiger partial charge is 0.350 e. The Kier molecular flexibility index (Phi) is 5.77. The minimum Gasteiger partial charge on any atom is -0.350 e. The Bertz CT molecular complexity index is 1030. The average Bonchev–Trinajstić information content (AvgIpc) is 3.33. The summed E-state index contributed by atoms with van der Waals surface area (Å²) in [4.78, 5) is 19.7. The van der Waals surface area contributed by atoms with Crippen LogP contribution in [0.25, 0.3) is 5.57 Å². The Morgan fingerprint density at radius 1 is 1.33 bits per heavy atom. The van der Waals surface area contributed by atoms with Crippen LogP contribution in [0.2, 0.25) is 0 Å². The van der Waals surface area contributed by atoms with Crippen LogP contribution in [0.5, 0.6) is 0 Å². The van der Waals surface area contributed by atoms with E-state index in [9.17, 15) is 4.79 Å². The Morgan fingerprint density at radius 3 is 2.73 bits per heavy atom. The third-order valence-electron chi connectivity index (χ3n) is 5.62. The first-order chi connectivity index (χ1) is 14.6. The number of carbonyl (C=O) groups is 1. The molecule has 1 aromatic carbocycles. The van der Waals surface area contributed by atoms with Gasteiger partial charge in [-0.15, -0.1) is 5.10 Å². The number of allylic oxidation sites excluding steroid dienone is 6. The fraction of sp³-hybridized carbons (Fsp3) is 0.292. The van der Waals surface area contributed by atoms with E-state index in [0.717, 1.165) is 30.5 Å². The van der Waals surface area contributed by atoms with Crippen molar-refractivity contribution < 1.29 is 4.79 Å². The minimum absolute atomic E-state index is 0.176. The van der Waals surface area contributed by atoms with Crippen LogP contribution in [-0.4, -0.2) is 51.8 Å². The quantitative estimate of drug-likeness (QED) is 0.751. The molecule has 0 amide bonds. The number of hydrogen-bond acceptors (Lipinski definition) is 5. The second-order valence-electron chi connectivity index (χ2n) is 7.77. The summed E-state index contributed by atoms with van der Waals surface area (Å²) in [5, 5.41) is 7.69. The van der Waals surface area contributed by atoms with E-state index in [2.05, 4.69) is 58.2 Å². The smallest absolute Gasteiger partial charge is 0.274 e. The van der Waals surface area contributed by atoms with Crippen molar-refractivity contribution in [3.05, 3.63) is 83.7 Å². The maximum atomic E-state index is 12.8. The predicted octanol–water partition coefficient (Wildman–Crippen LogP) is 3.51. The molecule has 0 bridgehead atoms. The van der Waals surface area contributed by atoms with Gasteiger partial charge < -0.3 is 5.32 Å². The van der Waals surface area contributed by atoms with Gasteiger partial charge in [-0.25, -0.2) is 0 Å². The third-order valence-corrected chi connectivity index (χ3v) is 5.62. The van der Waals surface area contributed by atoms with E-state index < -0.39 is 0 Å². The van der Waals surface area contributed by atoms with E-state index in [1.165, 1.54) is 15.8 Å². The summed E-state index contributed by atoms with van der Waals surface area (Å²) in [6, 6.07) is 9.09. The van der Waals surface area contributed by atoms with Gasteiger partial charge in [0, 0.05) is 30.8 Å². The van der Waals surface area contributed by atoms with Gasteiger partial charge in [0.2, 0.25) is 5.95 Å². The van der Waals surface area contributed by atoms with Gasteiger partial charge >= 0.3 is 0 Å². The Hall–Kier alpha value is -3.25. The topological polar surface area (TPSA) is 63.1 Å². The minimum atomic E-state index is -0.176. The summed E-state index contributed by atoms with van der Waals surface area (Å²) in [5.74, 6) is 0.795. The highest BCUT2D eigenvalue weighted by molar-refractivity contribution is 5.93. The zero-order chi connectivity index (χ0) is 21.1. The van der Waals surface area contributed by atoms with Crippen LogP contribution in [0.15, 0.2) is 66.8 Å². The average molecular weight is 402 g/mol. The lowest BCUT2D eigenvalue weighted by Gasteiger charge is -2.25. The molecule has 0 unspecified atom stereocenters. The molecule has 30 heavy (non-hydrogen) atoms. The molecule has 2 heterocycles. The van der Waals surface area contributed by atoms with Crippen LogP contribution in [0.4, 0.5) is 5.95 Å². The first-order valence-electron chi connectivity index (χ1n) is 10.3. The molecule has 154 valence electrons. The lowest BCUT2D eigenvalue weighted by molar-refractivity contribution is 0.0956. The van der Waals surface area contributed by atoms with Gasteiger partial charge in [-0.3, -0.25) is 9.69 Å². The lowest BCUT2D eigenvalue weighted by Crippen LogP contribution is -2.34. The first kappa shape index (κ1) is 20.0. The summed E-state index contributed by atoms with van der Waals surface area (Å²) in [5.41, 5.74) is 4.70. The maximum absolute atomic E-state index is 12.8. The number of fused-ring (bicyclic) bond motifs is 2. The molecule has 1 aliphatic carbocycles. The number of carbonyl (C=O) groups excluding carboxylic acids is 1. The number of benzene rings is 1. The number of nitrogens with zero attached hydrogens (tertiary/aromatic N) is 4. The van der Waals surface area contributed by atoms with Crippen LogP contribution in [0.1, 0.15) is 28.7 Å². The van der Waals surface area contributed by atoms with Gasteiger partial charge in [-0.2, -0.15) is 9.67 Å². The number of hydrogen-bond donors (Lipinski definition) is 1. The van der Waals surface area contributed by atoms with Gasteiger partial charge in [-0.05, 0) is 43.5 Å².